The van der Waals surface area contributed by atoms with Crippen LogP contribution in [0.4, 0.5) is 11.4 Å². The number of amides is 1. The highest BCUT2D eigenvalue weighted by atomic mass is 16.6. The van der Waals surface area contributed by atoms with Gasteiger partial charge < -0.3 is 5.32 Å². The molecule has 7 heteroatoms. The number of carbonyl (C=O) groups is 1. The Hall–Kier alpha value is -2.70. The Morgan fingerprint density at radius 2 is 2.25 bits per heavy atom. The van der Waals surface area contributed by atoms with E-state index in [4.69, 9.17) is 0 Å². The first-order valence-corrected chi connectivity index (χ1v) is 6.20. The molecule has 2 rings (SSSR count). The van der Waals surface area contributed by atoms with Gasteiger partial charge in [-0.25, -0.2) is 0 Å². The van der Waals surface area contributed by atoms with Gasteiger partial charge in [0.15, 0.2) is 5.69 Å². The summed E-state index contributed by atoms with van der Waals surface area (Å²) in [5.74, 6) is -0.399. The summed E-state index contributed by atoms with van der Waals surface area (Å²) in [4.78, 5) is 22.1. The van der Waals surface area contributed by atoms with E-state index in [0.717, 1.165) is 18.5 Å². The number of aryl methyl sites for hydroxylation is 1. The van der Waals surface area contributed by atoms with Crippen LogP contribution >= 0.6 is 0 Å². The molecule has 20 heavy (non-hydrogen) atoms. The van der Waals surface area contributed by atoms with Crippen molar-refractivity contribution in [3.8, 4) is 0 Å². The van der Waals surface area contributed by atoms with E-state index in [1.54, 1.807) is 12.1 Å². The number of hydrogen-bond donors (Lipinski definition) is 2. The molecule has 7 nitrogen and oxygen atoms in total. The zero-order chi connectivity index (χ0) is 14.5. The predicted octanol–water partition coefficient (Wildman–Crippen LogP) is 2.52. The number of aromatic amines is 1. The molecular formula is C13H14N4O3. The van der Waals surface area contributed by atoms with E-state index < -0.39 is 10.8 Å². The van der Waals surface area contributed by atoms with Crippen molar-refractivity contribution in [2.24, 2.45) is 0 Å². The molecular weight excluding hydrogens is 260 g/mol. The van der Waals surface area contributed by atoms with E-state index >= 15 is 0 Å². The number of nitrogens with one attached hydrogen (secondary N) is 2. The Balaban J connectivity index is 2.10. The number of hydrogen-bond acceptors (Lipinski definition) is 4. The van der Waals surface area contributed by atoms with Gasteiger partial charge in [-0.05, 0) is 18.6 Å². The second-order valence-corrected chi connectivity index (χ2v) is 4.29. The summed E-state index contributed by atoms with van der Waals surface area (Å²) in [5.41, 5.74) is 1.44. The van der Waals surface area contributed by atoms with Crippen molar-refractivity contribution in [3.63, 3.8) is 0 Å². The van der Waals surface area contributed by atoms with Gasteiger partial charge in [-0.2, -0.15) is 5.10 Å². The molecule has 2 aromatic rings. The lowest BCUT2D eigenvalue weighted by molar-refractivity contribution is -0.384. The zero-order valence-corrected chi connectivity index (χ0v) is 10.9. The lowest BCUT2D eigenvalue weighted by Gasteiger charge is -2.02. The molecule has 1 heterocycles. The van der Waals surface area contributed by atoms with Crippen LogP contribution in [0.3, 0.4) is 0 Å². The number of nitro groups is 1. The number of rotatable bonds is 5. The number of nitrogens with zero attached hydrogens (tertiary/aromatic N) is 2. The van der Waals surface area contributed by atoms with Crippen molar-refractivity contribution >= 4 is 17.3 Å². The molecule has 0 saturated carbocycles. The summed E-state index contributed by atoms with van der Waals surface area (Å²) in [6.45, 7) is 2.03. The van der Waals surface area contributed by atoms with Gasteiger partial charge >= 0.3 is 0 Å². The van der Waals surface area contributed by atoms with Crippen LogP contribution in [0.2, 0.25) is 0 Å². The van der Waals surface area contributed by atoms with Gasteiger partial charge in [0.1, 0.15) is 0 Å². The van der Waals surface area contributed by atoms with Gasteiger partial charge in [0.25, 0.3) is 11.6 Å². The van der Waals surface area contributed by atoms with Gasteiger partial charge in [-0.15, -0.1) is 0 Å². The molecule has 0 unspecified atom stereocenters. The van der Waals surface area contributed by atoms with Crippen molar-refractivity contribution < 1.29 is 9.72 Å². The van der Waals surface area contributed by atoms with Crippen molar-refractivity contribution in [2.75, 3.05) is 5.32 Å². The minimum absolute atomic E-state index is 0.0727. The van der Waals surface area contributed by atoms with Crippen LogP contribution in [-0.4, -0.2) is 21.0 Å². The molecule has 0 spiro atoms. The molecule has 0 aliphatic rings. The minimum Gasteiger partial charge on any atom is -0.320 e. The molecule has 104 valence electrons. The second-order valence-electron chi connectivity index (χ2n) is 4.29. The number of nitro benzene ring substituents is 1. The average molecular weight is 274 g/mol. The van der Waals surface area contributed by atoms with Gasteiger partial charge in [0.2, 0.25) is 0 Å². The maximum atomic E-state index is 11.9. The van der Waals surface area contributed by atoms with Crippen LogP contribution < -0.4 is 5.32 Å². The predicted molar refractivity (Wildman–Crippen MR) is 73.6 cm³/mol. The second kappa shape index (κ2) is 5.96. The normalized spacial score (nSPS) is 10.2. The first-order chi connectivity index (χ1) is 9.60. The molecule has 0 fully saturated rings. The van der Waals surface area contributed by atoms with E-state index in [9.17, 15) is 14.9 Å². The van der Waals surface area contributed by atoms with Gasteiger partial charge in [0.05, 0.1) is 4.92 Å². The molecule has 1 aromatic heterocycles. The number of anilines is 1. The lowest BCUT2D eigenvalue weighted by Crippen LogP contribution is -2.12. The Kier molecular flexibility index (Phi) is 4.09. The fourth-order valence-corrected chi connectivity index (χ4v) is 1.77. The molecule has 0 atom stereocenters. The van der Waals surface area contributed by atoms with Crippen LogP contribution in [-0.2, 0) is 6.42 Å². The Labute approximate surface area is 115 Å². The maximum Gasteiger partial charge on any atom is 0.276 e. The summed E-state index contributed by atoms with van der Waals surface area (Å²) in [7, 11) is 0. The summed E-state index contributed by atoms with van der Waals surface area (Å²) >= 11 is 0. The van der Waals surface area contributed by atoms with Crippen molar-refractivity contribution in [3.05, 3.63) is 51.8 Å². The minimum atomic E-state index is -0.510. The highest BCUT2D eigenvalue weighted by Crippen LogP contribution is 2.17. The molecule has 0 aliphatic heterocycles. The van der Waals surface area contributed by atoms with Crippen LogP contribution in [0, 0.1) is 10.1 Å². The smallest absolute Gasteiger partial charge is 0.276 e. The highest BCUT2D eigenvalue weighted by Gasteiger charge is 2.12. The lowest BCUT2D eigenvalue weighted by atomic mass is 10.2. The van der Waals surface area contributed by atoms with Crippen LogP contribution in [0.5, 0.6) is 0 Å². The first kappa shape index (κ1) is 13.7. The van der Waals surface area contributed by atoms with Crippen LogP contribution in [0.15, 0.2) is 30.3 Å². The quantitative estimate of drug-likeness (QED) is 0.646. The molecule has 2 N–H and O–H groups in total. The largest absolute Gasteiger partial charge is 0.320 e. The molecule has 0 bridgehead atoms. The van der Waals surface area contributed by atoms with Gasteiger partial charge in [-0.1, -0.05) is 19.4 Å². The van der Waals surface area contributed by atoms with E-state index in [-0.39, 0.29) is 11.4 Å². The first-order valence-electron chi connectivity index (χ1n) is 6.20. The van der Waals surface area contributed by atoms with Gasteiger partial charge in [-0.3, -0.25) is 20.0 Å². The summed E-state index contributed by atoms with van der Waals surface area (Å²) in [6.07, 6.45) is 1.77. The van der Waals surface area contributed by atoms with Crippen LogP contribution in [0.25, 0.3) is 0 Å². The van der Waals surface area contributed by atoms with E-state index in [0.29, 0.717) is 5.69 Å². The van der Waals surface area contributed by atoms with E-state index in [1.165, 1.54) is 18.2 Å². The molecule has 0 aliphatic carbocycles. The molecule has 1 aromatic carbocycles. The average Bonchev–Trinajstić information content (AvgIpc) is 2.88. The zero-order valence-electron chi connectivity index (χ0n) is 10.9. The molecule has 0 radical (unpaired) electrons. The summed E-state index contributed by atoms with van der Waals surface area (Å²) in [5, 5.41) is 19.9. The number of carbonyl (C=O) groups excluding carboxylic acids is 1. The Morgan fingerprint density at radius 3 is 2.95 bits per heavy atom. The summed E-state index contributed by atoms with van der Waals surface area (Å²) < 4.78 is 0. The van der Waals surface area contributed by atoms with Gasteiger partial charge in [0, 0.05) is 23.5 Å². The third kappa shape index (κ3) is 3.19. The van der Waals surface area contributed by atoms with Crippen molar-refractivity contribution in [1.82, 2.24) is 10.2 Å². The third-order valence-corrected chi connectivity index (χ3v) is 2.70. The Morgan fingerprint density at radius 1 is 1.45 bits per heavy atom. The monoisotopic (exact) mass is 274 g/mol. The fourth-order valence-electron chi connectivity index (χ4n) is 1.77. The number of non-ortho nitro benzene ring substituents is 1. The topological polar surface area (TPSA) is 101 Å². The van der Waals surface area contributed by atoms with Crippen molar-refractivity contribution in [1.29, 1.82) is 0 Å². The highest BCUT2D eigenvalue weighted by molar-refractivity contribution is 6.03. The van der Waals surface area contributed by atoms with E-state index in [2.05, 4.69) is 15.5 Å². The molecule has 0 saturated heterocycles. The Bertz CT molecular complexity index is 636. The van der Waals surface area contributed by atoms with E-state index in [1.807, 2.05) is 6.92 Å². The summed E-state index contributed by atoms with van der Waals surface area (Å²) in [6, 6.07) is 7.45. The number of H-pyrrole nitrogens is 1. The number of benzene rings is 1. The maximum absolute atomic E-state index is 11.9. The SMILES string of the molecule is CCCc1cc(C(=O)Nc2cccc([N+](=O)[O-])c2)n[nH]1. The number of aromatic nitrogens is 2. The third-order valence-electron chi connectivity index (χ3n) is 2.70. The standard InChI is InChI=1S/C13H14N4O3/c1-2-4-10-8-12(16-15-10)13(18)14-9-5-3-6-11(7-9)17(19)20/h3,5-8H,2,4H2,1H3,(H,14,18)(H,15,16). The van der Waals surface area contributed by atoms with Crippen LogP contribution in [0.1, 0.15) is 29.5 Å². The fraction of sp³-hybridized carbons (Fsp3) is 0.231. The molecule has 1 amide bonds. The van der Waals surface area contributed by atoms with Crippen molar-refractivity contribution in [2.45, 2.75) is 19.8 Å².